The van der Waals surface area contributed by atoms with Crippen LogP contribution < -0.4 is 20.1 Å². The van der Waals surface area contributed by atoms with E-state index in [-0.39, 0.29) is 36.3 Å². The second kappa shape index (κ2) is 12.8. The van der Waals surface area contributed by atoms with Gasteiger partial charge in [0.05, 0.1) is 19.3 Å². The average molecular weight is 557 g/mol. The Labute approximate surface area is 202 Å². The number of guanidine groups is 1. The first-order chi connectivity index (χ1) is 15.1. The van der Waals surface area contributed by atoms with Crippen LogP contribution in [0, 0.1) is 0 Å². The number of hydrogen-bond acceptors (Lipinski definition) is 4. The normalized spacial score (nSPS) is 11.1. The van der Waals surface area contributed by atoms with E-state index in [0.29, 0.717) is 30.4 Å². The smallest absolute Gasteiger partial charge is 0.387 e. The van der Waals surface area contributed by atoms with Crippen LogP contribution in [-0.4, -0.2) is 36.0 Å². The number of nitrogens with zero attached hydrogens (tertiary/aromatic N) is 3. The zero-order valence-electron chi connectivity index (χ0n) is 17.8. The van der Waals surface area contributed by atoms with Crippen molar-refractivity contribution in [3.05, 3.63) is 72.1 Å². The second-order valence-corrected chi connectivity index (χ2v) is 6.52. The first-order valence-corrected chi connectivity index (χ1v) is 9.82. The molecule has 0 spiro atoms. The molecule has 1 aromatic heterocycles. The highest BCUT2D eigenvalue weighted by atomic mass is 127. The number of aliphatic imine (C=N–C) groups is 1. The Hall–Kier alpha value is -2.89. The summed E-state index contributed by atoms with van der Waals surface area (Å²) in [6.45, 7) is 0.363. The molecular weight excluding hydrogens is 531 g/mol. The first kappa shape index (κ1) is 25.4. The fraction of sp³-hybridized carbons (Fsp3) is 0.273. The van der Waals surface area contributed by atoms with Crippen LogP contribution in [0.4, 0.5) is 8.78 Å². The minimum Gasteiger partial charge on any atom is -0.497 e. The Morgan fingerprint density at radius 2 is 2.00 bits per heavy atom. The molecule has 10 heteroatoms. The number of aromatic nitrogens is 2. The number of rotatable bonds is 9. The first-order valence-electron chi connectivity index (χ1n) is 9.82. The maximum Gasteiger partial charge on any atom is 0.387 e. The van der Waals surface area contributed by atoms with Crippen molar-refractivity contribution >= 4 is 29.9 Å². The third-order valence-corrected chi connectivity index (χ3v) is 4.37. The highest BCUT2D eigenvalue weighted by Crippen LogP contribution is 2.25. The van der Waals surface area contributed by atoms with E-state index in [9.17, 15) is 8.78 Å². The quantitative estimate of drug-likeness (QED) is 0.233. The van der Waals surface area contributed by atoms with Gasteiger partial charge in [0.15, 0.2) is 5.96 Å². The molecule has 0 radical (unpaired) electrons. The molecule has 0 unspecified atom stereocenters. The number of methoxy groups -OCH3 is 1. The number of halogens is 3. The van der Waals surface area contributed by atoms with Gasteiger partial charge in [0, 0.05) is 31.0 Å². The van der Waals surface area contributed by atoms with E-state index in [1.54, 1.807) is 23.0 Å². The molecule has 1 heterocycles. The molecule has 2 aromatic carbocycles. The average Bonchev–Trinajstić information content (AvgIpc) is 3.31. The maximum absolute atomic E-state index is 12.7. The summed E-state index contributed by atoms with van der Waals surface area (Å²) in [5.74, 6) is 1.19. The fourth-order valence-electron chi connectivity index (χ4n) is 2.94. The Morgan fingerprint density at radius 1 is 1.16 bits per heavy atom. The van der Waals surface area contributed by atoms with Gasteiger partial charge in [-0.1, -0.05) is 12.1 Å². The summed E-state index contributed by atoms with van der Waals surface area (Å²) in [5, 5.41) is 10.5. The third kappa shape index (κ3) is 7.36. The zero-order chi connectivity index (χ0) is 22.1. The number of ether oxygens (including phenoxy) is 2. The van der Waals surface area contributed by atoms with Crippen molar-refractivity contribution in [3.63, 3.8) is 0 Å². The molecule has 3 aromatic rings. The lowest BCUT2D eigenvalue weighted by Gasteiger charge is -2.15. The van der Waals surface area contributed by atoms with Crippen molar-refractivity contribution in [1.82, 2.24) is 20.4 Å². The van der Waals surface area contributed by atoms with Gasteiger partial charge in [-0.2, -0.15) is 13.9 Å². The number of hydrogen-bond donors (Lipinski definition) is 2. The predicted molar refractivity (Wildman–Crippen MR) is 130 cm³/mol. The molecule has 0 aliphatic rings. The van der Waals surface area contributed by atoms with Gasteiger partial charge in [0.1, 0.15) is 11.5 Å². The monoisotopic (exact) mass is 557 g/mol. The van der Waals surface area contributed by atoms with Crippen molar-refractivity contribution < 1.29 is 18.3 Å². The minimum absolute atomic E-state index is 0. The standard InChI is InChI=1S/C22H25F2N5O2.HI/c1-3-25-22(26-14-16-6-4-7-18(12-16)29-11-5-10-28-29)27-15-17-13-19(30-2)8-9-20(17)31-21(23)24;/h4-13,21H,3,14-15H2,1-2H3,(H2,25,26,27);1H. The lowest BCUT2D eigenvalue weighted by atomic mass is 10.2. The molecule has 0 bridgehead atoms. The maximum atomic E-state index is 12.7. The Balaban J connectivity index is 0.00000363. The van der Waals surface area contributed by atoms with E-state index in [0.717, 1.165) is 11.3 Å². The Kier molecular flexibility index (Phi) is 10.2. The Bertz CT molecular complexity index is 1000. The summed E-state index contributed by atoms with van der Waals surface area (Å²) in [6, 6.07) is 14.5. The van der Waals surface area contributed by atoms with Crippen LogP contribution in [0.15, 0.2) is 65.9 Å². The van der Waals surface area contributed by atoms with Crippen molar-refractivity contribution in [1.29, 1.82) is 0 Å². The van der Waals surface area contributed by atoms with Crippen LogP contribution >= 0.6 is 24.0 Å². The molecule has 172 valence electrons. The van der Waals surface area contributed by atoms with Gasteiger partial charge in [-0.3, -0.25) is 0 Å². The molecule has 0 atom stereocenters. The molecule has 0 saturated heterocycles. The molecule has 2 N–H and O–H groups in total. The van der Waals surface area contributed by atoms with E-state index in [1.165, 1.54) is 13.2 Å². The number of alkyl halides is 2. The van der Waals surface area contributed by atoms with Crippen LogP contribution in [0.3, 0.4) is 0 Å². The lowest BCUT2D eigenvalue weighted by molar-refractivity contribution is -0.0504. The van der Waals surface area contributed by atoms with Crippen molar-refractivity contribution in [2.24, 2.45) is 4.99 Å². The summed E-state index contributed by atoms with van der Waals surface area (Å²) in [7, 11) is 1.52. The summed E-state index contributed by atoms with van der Waals surface area (Å²) >= 11 is 0. The topological polar surface area (TPSA) is 72.7 Å². The van der Waals surface area contributed by atoms with Crippen LogP contribution in [0.25, 0.3) is 5.69 Å². The van der Waals surface area contributed by atoms with Gasteiger partial charge >= 0.3 is 6.61 Å². The van der Waals surface area contributed by atoms with Gasteiger partial charge in [-0.05, 0) is 48.9 Å². The highest BCUT2D eigenvalue weighted by Gasteiger charge is 2.11. The molecule has 0 fully saturated rings. The molecule has 0 aliphatic carbocycles. The van der Waals surface area contributed by atoms with E-state index >= 15 is 0 Å². The van der Waals surface area contributed by atoms with Gasteiger partial charge in [0.2, 0.25) is 0 Å². The minimum atomic E-state index is -2.91. The van der Waals surface area contributed by atoms with Gasteiger partial charge in [-0.15, -0.1) is 24.0 Å². The molecule has 7 nitrogen and oxygen atoms in total. The predicted octanol–water partition coefficient (Wildman–Crippen LogP) is 4.36. The Morgan fingerprint density at radius 3 is 2.69 bits per heavy atom. The lowest BCUT2D eigenvalue weighted by Crippen LogP contribution is -2.36. The van der Waals surface area contributed by atoms with Gasteiger partial charge in [-0.25, -0.2) is 9.67 Å². The summed E-state index contributed by atoms with van der Waals surface area (Å²) < 4.78 is 37.1. The number of nitrogens with one attached hydrogen (secondary N) is 2. The third-order valence-electron chi connectivity index (χ3n) is 4.37. The fourth-order valence-corrected chi connectivity index (χ4v) is 2.94. The second-order valence-electron chi connectivity index (χ2n) is 6.52. The van der Waals surface area contributed by atoms with E-state index in [2.05, 4.69) is 25.5 Å². The molecule has 3 rings (SSSR count). The van der Waals surface area contributed by atoms with Gasteiger partial charge in [0.25, 0.3) is 0 Å². The van der Waals surface area contributed by atoms with Crippen LogP contribution in [0.2, 0.25) is 0 Å². The molecule has 0 amide bonds. The van der Waals surface area contributed by atoms with Crippen LogP contribution in [0.5, 0.6) is 11.5 Å². The zero-order valence-corrected chi connectivity index (χ0v) is 20.1. The van der Waals surface area contributed by atoms with E-state index in [1.807, 2.05) is 43.5 Å². The SMILES string of the molecule is CCNC(=NCc1cccc(-n2cccn2)c1)NCc1cc(OC)ccc1OC(F)F.I. The van der Waals surface area contributed by atoms with E-state index < -0.39 is 6.61 Å². The number of benzene rings is 2. The summed E-state index contributed by atoms with van der Waals surface area (Å²) in [5.41, 5.74) is 2.49. The van der Waals surface area contributed by atoms with Crippen molar-refractivity contribution in [3.8, 4) is 17.2 Å². The molecule has 0 aliphatic heterocycles. The van der Waals surface area contributed by atoms with E-state index in [4.69, 9.17) is 4.74 Å². The van der Waals surface area contributed by atoms with Gasteiger partial charge < -0.3 is 20.1 Å². The van der Waals surface area contributed by atoms with Crippen molar-refractivity contribution in [2.75, 3.05) is 13.7 Å². The molecule has 0 saturated carbocycles. The van der Waals surface area contributed by atoms with Crippen LogP contribution in [-0.2, 0) is 13.1 Å². The molecule has 32 heavy (non-hydrogen) atoms. The highest BCUT2D eigenvalue weighted by molar-refractivity contribution is 14.0. The van der Waals surface area contributed by atoms with Crippen LogP contribution in [0.1, 0.15) is 18.1 Å². The largest absolute Gasteiger partial charge is 0.497 e. The van der Waals surface area contributed by atoms with Crippen molar-refractivity contribution in [2.45, 2.75) is 26.6 Å². The molecular formula is C22H26F2IN5O2. The summed E-state index contributed by atoms with van der Waals surface area (Å²) in [6.07, 6.45) is 3.60. The summed E-state index contributed by atoms with van der Waals surface area (Å²) in [4.78, 5) is 4.60.